The fourth-order valence-corrected chi connectivity index (χ4v) is 16.0. The molecule has 0 atom stereocenters. The maximum Gasteiger partial charge on any atom is 0.419 e. The highest BCUT2D eigenvalue weighted by Crippen LogP contribution is 2.54. The number of unbranched alkanes of at least 4 members (excludes halogenated alkanes) is 2. The molecule has 4 aliphatic heterocycles. The van der Waals surface area contributed by atoms with Gasteiger partial charge in [-0.3, -0.25) is 4.79 Å². The van der Waals surface area contributed by atoms with Gasteiger partial charge in [-0.15, -0.1) is 11.3 Å². The Kier molecular flexibility index (Phi) is 27.4. The number of carbonyl (C=O) groups is 3. The van der Waals surface area contributed by atoms with E-state index in [1.54, 1.807) is 101 Å². The number of methoxy groups -OCH3 is 3. The van der Waals surface area contributed by atoms with Crippen LogP contribution in [0.1, 0.15) is 142 Å². The molecule has 1 aliphatic carbocycles. The highest BCUT2D eigenvalue weighted by atomic mass is 32.2. The van der Waals surface area contributed by atoms with Crippen LogP contribution in [0, 0.1) is 0 Å². The van der Waals surface area contributed by atoms with Crippen molar-refractivity contribution in [3.8, 4) is 27.8 Å². The van der Waals surface area contributed by atoms with Gasteiger partial charge in [-0.1, -0.05) is 82.7 Å². The molecule has 18 nitrogen and oxygen atoms in total. The van der Waals surface area contributed by atoms with E-state index in [1.807, 2.05) is 153 Å². The number of nitrogens with one attached hydrogen (secondary N) is 1. The molecular weight excluding hydrogens is 1400 g/mol. The molecule has 5 aliphatic rings. The van der Waals surface area contributed by atoms with Crippen LogP contribution in [0.2, 0.25) is 0 Å². The zero-order valence-corrected chi connectivity index (χ0v) is 67.1. The monoisotopic (exact) mass is 1500 g/mol. The molecule has 0 saturated heterocycles. The van der Waals surface area contributed by atoms with Crippen LogP contribution in [0.3, 0.4) is 0 Å². The molecule has 7 aromatic carbocycles. The summed E-state index contributed by atoms with van der Waals surface area (Å²) in [5.41, 5.74) is 15.1. The third-order valence-electron chi connectivity index (χ3n) is 16.4. The minimum Gasteiger partial charge on any atom is -0.497 e. The van der Waals surface area contributed by atoms with E-state index in [4.69, 9.17) is 34.2 Å². The molecule has 0 radical (unpaired) electrons. The molecule has 0 saturated carbocycles. The number of hydrogen-bond donors (Lipinski definition) is 2. The Bertz CT molecular complexity index is 4530. The van der Waals surface area contributed by atoms with Crippen molar-refractivity contribution in [2.75, 3.05) is 89.6 Å². The van der Waals surface area contributed by atoms with Gasteiger partial charge >= 0.3 is 18.3 Å². The van der Waals surface area contributed by atoms with Crippen LogP contribution in [0.25, 0.3) is 20.8 Å². The molecule has 0 bridgehead atoms. The van der Waals surface area contributed by atoms with Crippen molar-refractivity contribution in [2.24, 2.45) is 0 Å². The van der Waals surface area contributed by atoms with E-state index in [1.165, 1.54) is 30.6 Å². The lowest BCUT2D eigenvalue weighted by atomic mass is 10.2. The van der Waals surface area contributed by atoms with Gasteiger partial charge in [0.25, 0.3) is 0 Å². The summed E-state index contributed by atoms with van der Waals surface area (Å²) in [4.78, 5) is 71.8. The second kappa shape index (κ2) is 35.9. The standard InChI is InChI=1S/C25H34N2O3S.C21H26N2O3S.C19H22N2OS.C18H20N2O3S/c1-7-9-15-26(14-8-2)18-10-12-20-22(16-18)31-23-17-19(29-6)11-13-21(23)27(20)24(28)30-25(3,4)5;1-6-11-22-14-7-9-16-18(12-14)27-19-13-15(25-5)8-10-17(19)23(16)20(24)26-21(2,3)4;1-3-5-11-21(10-4-2)14-6-8-16-18(12-14)23-19-13-15(22)7-9-17(19)20-16;1-18(2,3)23-17(21)20-13-7-5-11(19)9-15(13)24-16-10-12(22-4)6-8-14(16)20/h10-13,16-17H,7-9,14-15H2,1-6H3;7-10,12-13,22H,6,11H2,1-5H3;6-9,12-13H,3-5,10-11H2,1-2H3;5-10H,19H2,1-4H3. The largest absolute Gasteiger partial charge is 0.497 e. The summed E-state index contributed by atoms with van der Waals surface area (Å²) in [7, 11) is 4.91. The molecule has 0 fully saturated rings. The van der Waals surface area contributed by atoms with Crippen molar-refractivity contribution < 1.29 is 42.8 Å². The van der Waals surface area contributed by atoms with Gasteiger partial charge in [0.1, 0.15) is 34.1 Å². The van der Waals surface area contributed by atoms with Gasteiger partial charge in [-0.2, -0.15) is 0 Å². The molecule has 558 valence electrons. The molecule has 7 aromatic rings. The summed E-state index contributed by atoms with van der Waals surface area (Å²) in [6.45, 7) is 32.9. The van der Waals surface area contributed by atoms with Crippen LogP contribution in [0.15, 0.2) is 180 Å². The van der Waals surface area contributed by atoms with Crippen molar-refractivity contribution in [3.05, 3.63) is 156 Å². The molecule has 12 rings (SSSR count). The Morgan fingerprint density at radius 1 is 0.448 bits per heavy atom. The summed E-state index contributed by atoms with van der Waals surface area (Å²) >= 11 is 6.50. The maximum absolute atomic E-state index is 13.2. The van der Waals surface area contributed by atoms with E-state index in [0.29, 0.717) is 5.69 Å². The fraction of sp³-hybridized carbons (Fsp3) is 0.386. The van der Waals surface area contributed by atoms with Crippen molar-refractivity contribution in [2.45, 2.75) is 188 Å². The van der Waals surface area contributed by atoms with Gasteiger partial charge in [-0.05, 0) is 234 Å². The summed E-state index contributed by atoms with van der Waals surface area (Å²) < 4.78 is 34.2. The van der Waals surface area contributed by atoms with Crippen LogP contribution < -0.4 is 55.2 Å². The minimum atomic E-state index is -0.581. The Balaban J connectivity index is 0.000000163. The van der Waals surface area contributed by atoms with Gasteiger partial charge in [-0.25, -0.2) is 34.1 Å². The number of nitrogen functional groups attached to an aromatic ring is 1. The van der Waals surface area contributed by atoms with E-state index in [-0.39, 0.29) is 17.6 Å². The lowest BCUT2D eigenvalue weighted by molar-refractivity contribution is 0.0586. The Labute approximate surface area is 637 Å². The number of nitrogens with zero attached hydrogens (tertiary/aromatic N) is 6. The van der Waals surface area contributed by atoms with Crippen LogP contribution in [0.4, 0.5) is 71.3 Å². The zero-order chi connectivity index (χ0) is 75.9. The first-order chi connectivity index (χ1) is 50.1. The second-order valence-corrected chi connectivity index (χ2v) is 32.8. The predicted molar refractivity (Wildman–Crippen MR) is 436 cm³/mol. The zero-order valence-electron chi connectivity index (χ0n) is 63.8. The van der Waals surface area contributed by atoms with Gasteiger partial charge in [0.2, 0.25) is 0 Å². The number of nitrogens with two attached hydrogens (primary N) is 1. The molecule has 3 N–H and O–H groups in total. The molecule has 0 spiro atoms. The SMILES string of the molecule is CCCCN(CCC)c1ccc2c(c1)Sc1cc(OC)ccc1N2C(=O)OC(C)(C)C.CCCCN(CCC)c1ccc2nc3ccc(=O)cc-3sc2c1.CCCNc1ccc2c(c1)Sc1cc(OC)ccc1N2C(=O)OC(C)(C)C.COc1ccc2c(c1)Sc1cc(N)ccc1N2C(=O)OC(C)(C)C. The van der Waals surface area contributed by atoms with Gasteiger partial charge in [0, 0.05) is 90.9 Å². The Morgan fingerprint density at radius 2 is 0.848 bits per heavy atom. The smallest absolute Gasteiger partial charge is 0.419 e. The number of benzene rings is 8. The van der Waals surface area contributed by atoms with Crippen molar-refractivity contribution in [1.82, 2.24) is 4.98 Å². The fourth-order valence-electron chi connectivity index (χ4n) is 11.6. The molecular formula is C83H102N8O10S4. The predicted octanol–water partition coefficient (Wildman–Crippen LogP) is 22.9. The quantitative estimate of drug-likeness (QED) is 0.0468. The lowest BCUT2D eigenvalue weighted by Crippen LogP contribution is -2.35. The minimum absolute atomic E-state index is 0.0432. The van der Waals surface area contributed by atoms with Crippen molar-refractivity contribution in [1.29, 1.82) is 0 Å². The van der Waals surface area contributed by atoms with E-state index < -0.39 is 22.9 Å². The third kappa shape index (κ3) is 21.0. The van der Waals surface area contributed by atoms with E-state index in [0.717, 1.165) is 166 Å². The first-order valence-corrected chi connectivity index (χ1v) is 39.3. The van der Waals surface area contributed by atoms with E-state index >= 15 is 0 Å². The maximum atomic E-state index is 13.2. The van der Waals surface area contributed by atoms with Gasteiger partial charge < -0.3 is 49.3 Å². The number of carbonyl (C=O) groups excluding carboxylic acids is 3. The first kappa shape index (κ1) is 80.1. The summed E-state index contributed by atoms with van der Waals surface area (Å²) in [5.74, 6) is 2.26. The highest BCUT2D eigenvalue weighted by molar-refractivity contribution is 8.00. The summed E-state index contributed by atoms with van der Waals surface area (Å²) in [6, 6.07) is 46.6. The summed E-state index contributed by atoms with van der Waals surface area (Å²) in [6.07, 6.45) is 6.85. The molecule has 3 amide bonds. The number of ether oxygens (including phenoxy) is 6. The van der Waals surface area contributed by atoms with E-state index in [9.17, 15) is 19.2 Å². The highest BCUT2D eigenvalue weighted by Gasteiger charge is 2.36. The van der Waals surface area contributed by atoms with Crippen LogP contribution in [0.5, 0.6) is 17.2 Å². The number of aromatic nitrogens is 1. The number of rotatable bonds is 18. The van der Waals surface area contributed by atoms with Crippen LogP contribution in [-0.2, 0) is 14.2 Å². The Hall–Kier alpha value is -8.96. The van der Waals surface area contributed by atoms with E-state index in [2.05, 4.69) is 91.1 Å². The molecule has 4 heterocycles. The van der Waals surface area contributed by atoms with Gasteiger partial charge in [0.15, 0.2) is 5.43 Å². The molecule has 0 unspecified atom stereocenters. The number of fused-ring (bicyclic) bond motifs is 8. The summed E-state index contributed by atoms with van der Waals surface area (Å²) in [5, 5.41) is 3.40. The lowest BCUT2D eigenvalue weighted by Gasteiger charge is -2.34. The topological polar surface area (TPSA) is 191 Å². The van der Waals surface area contributed by atoms with Crippen molar-refractivity contribution >= 4 is 132 Å². The second-order valence-electron chi connectivity index (χ2n) is 28.4. The third-order valence-corrected chi connectivity index (χ3v) is 20.8. The average Bonchev–Trinajstić information content (AvgIpc) is 0.772. The first-order valence-electron chi connectivity index (χ1n) is 36.0. The molecule has 0 aromatic heterocycles. The van der Waals surface area contributed by atoms with Gasteiger partial charge in [0.05, 0.1) is 76.2 Å². The van der Waals surface area contributed by atoms with Crippen LogP contribution >= 0.6 is 46.6 Å². The van der Waals surface area contributed by atoms with Crippen LogP contribution in [-0.4, -0.2) is 94.1 Å². The number of anilines is 10. The average molecular weight is 1500 g/mol. The molecule has 22 heteroatoms. The van der Waals surface area contributed by atoms with Crippen molar-refractivity contribution in [3.63, 3.8) is 0 Å². The normalized spacial score (nSPS) is 12.5. The molecule has 105 heavy (non-hydrogen) atoms. The number of hydrogen-bond acceptors (Lipinski definition) is 19. The number of amides is 3. The Morgan fingerprint density at radius 3 is 1.28 bits per heavy atom.